The number of nitrogens with zero attached hydrogens (tertiary/aromatic N) is 1. The van der Waals surface area contributed by atoms with Crippen LogP contribution in [0.4, 0.5) is 5.69 Å². The van der Waals surface area contributed by atoms with Gasteiger partial charge in [-0.1, -0.05) is 35.9 Å². The predicted octanol–water partition coefficient (Wildman–Crippen LogP) is 5.81. The Hall–Kier alpha value is -3.70. The fourth-order valence-corrected chi connectivity index (χ4v) is 3.63. The molecule has 3 aromatic carbocycles. The first-order valence-electron chi connectivity index (χ1n) is 9.22. The second-order valence-corrected chi connectivity index (χ2v) is 7.33. The van der Waals surface area contributed by atoms with E-state index in [0.29, 0.717) is 16.1 Å². The van der Waals surface area contributed by atoms with E-state index in [-0.39, 0.29) is 11.3 Å². The van der Waals surface area contributed by atoms with Crippen LogP contribution in [0, 0.1) is 6.92 Å². The lowest BCUT2D eigenvalue weighted by atomic mass is 10.0. The fraction of sp³-hybridized carbons (Fsp3) is 0.0417. The van der Waals surface area contributed by atoms with Crippen molar-refractivity contribution in [1.82, 2.24) is 4.98 Å². The third-order valence-electron chi connectivity index (χ3n) is 4.83. The van der Waals surface area contributed by atoms with Crippen molar-refractivity contribution in [2.45, 2.75) is 6.92 Å². The van der Waals surface area contributed by atoms with Crippen molar-refractivity contribution < 1.29 is 14.7 Å². The molecule has 2 N–H and O–H groups in total. The van der Waals surface area contributed by atoms with Crippen LogP contribution in [-0.2, 0) is 0 Å². The van der Waals surface area contributed by atoms with Crippen LogP contribution >= 0.6 is 11.6 Å². The number of halogens is 1. The summed E-state index contributed by atoms with van der Waals surface area (Å²) in [5.41, 5.74) is 3.91. The maximum absolute atomic E-state index is 12.9. The molecule has 0 saturated carbocycles. The molecule has 148 valence electrons. The van der Waals surface area contributed by atoms with Gasteiger partial charge in [0.15, 0.2) is 0 Å². The summed E-state index contributed by atoms with van der Waals surface area (Å²) < 4.78 is 0. The molecule has 0 bridgehead atoms. The molecule has 0 saturated heterocycles. The number of hydrogen-bond acceptors (Lipinski definition) is 3. The number of pyridine rings is 1. The Morgan fingerprint density at radius 2 is 1.77 bits per heavy atom. The zero-order chi connectivity index (χ0) is 21.3. The highest BCUT2D eigenvalue weighted by Gasteiger charge is 2.17. The Labute approximate surface area is 178 Å². The summed E-state index contributed by atoms with van der Waals surface area (Å²) >= 11 is 5.97. The first kappa shape index (κ1) is 19.6. The molecule has 1 amide bonds. The monoisotopic (exact) mass is 416 g/mol. The van der Waals surface area contributed by atoms with Crippen LogP contribution in [0.15, 0.2) is 72.9 Å². The Morgan fingerprint density at radius 3 is 2.57 bits per heavy atom. The van der Waals surface area contributed by atoms with Gasteiger partial charge in [-0.05, 0) is 66.1 Å². The number of fused-ring (bicyclic) bond motifs is 1. The van der Waals surface area contributed by atoms with E-state index in [1.165, 1.54) is 6.07 Å². The maximum atomic E-state index is 12.9. The van der Waals surface area contributed by atoms with Gasteiger partial charge in [0.2, 0.25) is 0 Å². The molecule has 4 aromatic rings. The normalized spacial score (nSPS) is 10.7. The number of hydrogen-bond donors (Lipinski definition) is 2. The van der Waals surface area contributed by atoms with Crippen molar-refractivity contribution in [3.63, 3.8) is 0 Å². The standard InChI is InChI=1S/C24H17ClN2O3/c1-14-10-19(25)13-20(24(29)30)22(14)27-23(28)18-5-2-4-15(12-18)16-7-8-21-17(11-16)6-3-9-26-21/h2-13H,1H3,(H,27,28)(H,29,30). The van der Waals surface area contributed by atoms with Crippen LogP contribution < -0.4 is 5.32 Å². The first-order valence-corrected chi connectivity index (χ1v) is 9.60. The van der Waals surface area contributed by atoms with E-state index < -0.39 is 11.9 Å². The van der Waals surface area contributed by atoms with E-state index in [4.69, 9.17) is 11.6 Å². The van der Waals surface area contributed by atoms with Gasteiger partial charge in [-0.15, -0.1) is 0 Å². The van der Waals surface area contributed by atoms with Crippen LogP contribution in [0.2, 0.25) is 5.02 Å². The first-order chi connectivity index (χ1) is 14.4. The summed E-state index contributed by atoms with van der Waals surface area (Å²) in [4.78, 5) is 28.8. The Bertz CT molecular complexity index is 1300. The summed E-state index contributed by atoms with van der Waals surface area (Å²) in [6.07, 6.45) is 1.75. The number of anilines is 1. The summed E-state index contributed by atoms with van der Waals surface area (Å²) in [5, 5.41) is 13.5. The van der Waals surface area contributed by atoms with E-state index >= 15 is 0 Å². The number of carbonyl (C=O) groups is 2. The van der Waals surface area contributed by atoms with Gasteiger partial charge < -0.3 is 10.4 Å². The van der Waals surface area contributed by atoms with E-state index in [1.807, 2.05) is 36.4 Å². The van der Waals surface area contributed by atoms with Gasteiger partial charge in [0.25, 0.3) is 5.91 Å². The van der Waals surface area contributed by atoms with Crippen molar-refractivity contribution in [3.8, 4) is 11.1 Å². The maximum Gasteiger partial charge on any atom is 0.337 e. The van der Waals surface area contributed by atoms with E-state index in [1.54, 1.807) is 37.4 Å². The number of benzene rings is 3. The Balaban J connectivity index is 1.67. The van der Waals surface area contributed by atoms with Crippen LogP contribution in [0.3, 0.4) is 0 Å². The number of aromatic nitrogens is 1. The smallest absolute Gasteiger partial charge is 0.337 e. The molecule has 0 aliphatic rings. The molecule has 0 unspecified atom stereocenters. The molecule has 0 fully saturated rings. The predicted molar refractivity (Wildman–Crippen MR) is 118 cm³/mol. The van der Waals surface area contributed by atoms with Gasteiger partial charge >= 0.3 is 5.97 Å². The lowest BCUT2D eigenvalue weighted by Crippen LogP contribution is -2.16. The molecule has 0 spiro atoms. The largest absolute Gasteiger partial charge is 0.478 e. The van der Waals surface area contributed by atoms with Gasteiger partial charge in [0, 0.05) is 22.2 Å². The number of carbonyl (C=O) groups excluding carboxylic acids is 1. The molecule has 5 nitrogen and oxygen atoms in total. The number of nitrogens with one attached hydrogen (secondary N) is 1. The minimum absolute atomic E-state index is 0.0495. The number of rotatable bonds is 4. The number of carboxylic acid groups (broad SMARTS) is 1. The van der Waals surface area contributed by atoms with E-state index in [2.05, 4.69) is 10.3 Å². The lowest BCUT2D eigenvalue weighted by Gasteiger charge is -2.13. The zero-order valence-electron chi connectivity index (χ0n) is 16.0. The molecule has 1 aromatic heterocycles. The third kappa shape index (κ3) is 3.88. The molecule has 0 aliphatic heterocycles. The van der Waals surface area contributed by atoms with E-state index in [9.17, 15) is 14.7 Å². The molecule has 6 heteroatoms. The van der Waals surface area contributed by atoms with Gasteiger partial charge in [0.05, 0.1) is 16.8 Å². The lowest BCUT2D eigenvalue weighted by molar-refractivity contribution is 0.0698. The van der Waals surface area contributed by atoms with Crippen molar-refractivity contribution in [1.29, 1.82) is 0 Å². The second-order valence-electron chi connectivity index (χ2n) is 6.90. The number of carboxylic acids is 1. The highest BCUT2D eigenvalue weighted by molar-refractivity contribution is 6.31. The van der Waals surface area contributed by atoms with Crippen LogP contribution in [0.5, 0.6) is 0 Å². The molecule has 30 heavy (non-hydrogen) atoms. The second kappa shape index (κ2) is 7.97. The average Bonchev–Trinajstić information content (AvgIpc) is 2.75. The molecular formula is C24H17ClN2O3. The quantitative estimate of drug-likeness (QED) is 0.439. The number of amides is 1. The third-order valence-corrected chi connectivity index (χ3v) is 5.05. The van der Waals surface area contributed by atoms with Gasteiger partial charge in [-0.2, -0.15) is 0 Å². The van der Waals surface area contributed by atoms with Crippen LogP contribution in [0.1, 0.15) is 26.3 Å². The average molecular weight is 417 g/mol. The van der Waals surface area contributed by atoms with Crippen molar-refractivity contribution >= 4 is 40.1 Å². The van der Waals surface area contributed by atoms with Crippen molar-refractivity contribution in [2.24, 2.45) is 0 Å². The minimum atomic E-state index is -1.16. The SMILES string of the molecule is Cc1cc(Cl)cc(C(=O)O)c1NC(=O)c1cccc(-c2ccc3ncccc3c2)c1. The molecule has 0 radical (unpaired) electrons. The topological polar surface area (TPSA) is 79.3 Å². The Kier molecular flexibility index (Phi) is 5.21. The molecular weight excluding hydrogens is 400 g/mol. The van der Waals surface area contributed by atoms with Crippen LogP contribution in [0.25, 0.3) is 22.0 Å². The van der Waals surface area contributed by atoms with Gasteiger partial charge in [-0.25, -0.2) is 4.79 Å². The van der Waals surface area contributed by atoms with Crippen molar-refractivity contribution in [3.05, 3.63) is 94.6 Å². The Morgan fingerprint density at radius 1 is 0.967 bits per heavy atom. The number of aromatic carboxylic acids is 1. The summed E-state index contributed by atoms with van der Waals surface area (Å²) in [5.74, 6) is -1.55. The molecule has 1 heterocycles. The molecule has 4 rings (SSSR count). The van der Waals surface area contributed by atoms with Crippen molar-refractivity contribution in [2.75, 3.05) is 5.32 Å². The highest BCUT2D eigenvalue weighted by atomic mass is 35.5. The zero-order valence-corrected chi connectivity index (χ0v) is 16.8. The summed E-state index contributed by atoms with van der Waals surface area (Å²) in [6, 6.07) is 19.9. The summed E-state index contributed by atoms with van der Waals surface area (Å²) in [6.45, 7) is 1.70. The molecule has 0 atom stereocenters. The highest BCUT2D eigenvalue weighted by Crippen LogP contribution is 2.28. The minimum Gasteiger partial charge on any atom is -0.478 e. The van der Waals surface area contributed by atoms with Gasteiger partial charge in [-0.3, -0.25) is 9.78 Å². The fourth-order valence-electron chi connectivity index (χ4n) is 3.36. The number of aryl methyl sites for hydroxylation is 1. The molecule has 0 aliphatic carbocycles. The van der Waals surface area contributed by atoms with E-state index in [0.717, 1.165) is 22.0 Å². The summed E-state index contributed by atoms with van der Waals surface area (Å²) in [7, 11) is 0. The van der Waals surface area contributed by atoms with Gasteiger partial charge in [0.1, 0.15) is 0 Å². The van der Waals surface area contributed by atoms with Crippen LogP contribution in [-0.4, -0.2) is 22.0 Å².